The van der Waals surface area contributed by atoms with Gasteiger partial charge in [-0.15, -0.1) is 0 Å². The number of nitrogens with one attached hydrogen (secondary N) is 2. The molecule has 0 aliphatic carbocycles. The summed E-state index contributed by atoms with van der Waals surface area (Å²) in [6.45, 7) is 0.847. The van der Waals surface area contributed by atoms with Crippen LogP contribution in [-0.2, 0) is 0 Å². The van der Waals surface area contributed by atoms with E-state index in [4.69, 9.17) is 0 Å². The number of hydrogen-bond acceptors (Lipinski definition) is 2. The zero-order valence-electron chi connectivity index (χ0n) is 3.09. The predicted octanol–water partition coefficient (Wildman–Crippen LogP) is 0.134. The summed E-state index contributed by atoms with van der Waals surface area (Å²) in [6.07, 6.45) is 2.79. The number of hydrogen-bond donors (Lipinski definition) is 2. The smallest absolute Gasteiger partial charge is 0.0859 e. The molecule has 1 heterocycles. The predicted molar refractivity (Wildman–Crippen MR) is 26.8 cm³/mol. The van der Waals surface area contributed by atoms with Crippen LogP contribution < -0.4 is 10.9 Å². The molecule has 2 N–H and O–H groups in total. The lowest BCUT2D eigenvalue weighted by Crippen LogP contribution is -2.20. The third-order valence-corrected chi connectivity index (χ3v) is 1.01. The summed E-state index contributed by atoms with van der Waals surface area (Å²) < 4.78 is 1.04. The van der Waals surface area contributed by atoms with Crippen LogP contribution in [0.3, 0.4) is 0 Å². The molecule has 0 amide bonds. The van der Waals surface area contributed by atoms with Crippen LogP contribution in [0.15, 0.2) is 4.48 Å². The molecule has 1 radical (unpaired) electrons. The first-order valence-corrected chi connectivity index (χ1v) is 2.44. The first-order valence-electron chi connectivity index (χ1n) is 1.65. The molecule has 0 atom stereocenters. The van der Waals surface area contributed by atoms with Crippen LogP contribution in [0.25, 0.3) is 0 Å². The molecule has 0 saturated carbocycles. The van der Waals surface area contributed by atoms with Gasteiger partial charge < -0.3 is 5.43 Å². The van der Waals surface area contributed by atoms with Crippen LogP contribution in [-0.4, -0.2) is 6.54 Å². The normalized spacial score (nSPS) is 19.8. The Morgan fingerprint density at radius 2 is 2.67 bits per heavy atom. The standard InChI is InChI=1S/C3H4BrN2/c4-3-1-5-6-2-3/h5-6H,1H2. The van der Waals surface area contributed by atoms with Crippen molar-refractivity contribution in [1.82, 2.24) is 10.9 Å². The van der Waals surface area contributed by atoms with Crippen molar-refractivity contribution >= 4 is 15.9 Å². The van der Waals surface area contributed by atoms with Crippen molar-refractivity contribution in [2.45, 2.75) is 0 Å². The maximum Gasteiger partial charge on any atom is 0.0859 e. The number of hydrazine groups is 1. The Balaban J connectivity index is 2.45. The van der Waals surface area contributed by atoms with Gasteiger partial charge in [0.2, 0.25) is 0 Å². The lowest BCUT2D eigenvalue weighted by atomic mass is 10.7. The van der Waals surface area contributed by atoms with Crippen molar-refractivity contribution in [3.8, 4) is 0 Å². The summed E-state index contributed by atoms with van der Waals surface area (Å²) in [7, 11) is 0. The van der Waals surface area contributed by atoms with Crippen molar-refractivity contribution in [1.29, 1.82) is 0 Å². The van der Waals surface area contributed by atoms with Gasteiger partial charge in [-0.05, 0) is 0 Å². The highest BCUT2D eigenvalue weighted by Crippen LogP contribution is 2.01. The van der Waals surface area contributed by atoms with Gasteiger partial charge in [0.1, 0.15) is 0 Å². The van der Waals surface area contributed by atoms with E-state index in [1.165, 1.54) is 0 Å². The maximum atomic E-state index is 3.22. The van der Waals surface area contributed by atoms with Gasteiger partial charge in [-0.25, -0.2) is 5.43 Å². The van der Waals surface area contributed by atoms with Crippen molar-refractivity contribution in [2.75, 3.05) is 6.54 Å². The Morgan fingerprint density at radius 3 is 2.83 bits per heavy atom. The largest absolute Gasteiger partial charge is 0.318 e. The first kappa shape index (κ1) is 4.15. The van der Waals surface area contributed by atoms with Crippen LogP contribution >= 0.6 is 15.9 Å². The summed E-state index contributed by atoms with van der Waals surface area (Å²) in [5.41, 5.74) is 5.52. The van der Waals surface area contributed by atoms with E-state index in [0.29, 0.717) is 0 Å². The van der Waals surface area contributed by atoms with E-state index < -0.39 is 0 Å². The summed E-state index contributed by atoms with van der Waals surface area (Å²) in [4.78, 5) is 0. The van der Waals surface area contributed by atoms with Crippen molar-refractivity contribution < 1.29 is 0 Å². The lowest BCUT2D eigenvalue weighted by Gasteiger charge is -1.83. The van der Waals surface area contributed by atoms with E-state index in [1.807, 2.05) is 0 Å². The van der Waals surface area contributed by atoms with Gasteiger partial charge >= 0.3 is 0 Å². The number of rotatable bonds is 0. The second-order valence-electron chi connectivity index (χ2n) is 1.01. The third kappa shape index (κ3) is 0.725. The Morgan fingerprint density at radius 1 is 1.83 bits per heavy atom. The molecule has 0 fully saturated rings. The summed E-state index contributed by atoms with van der Waals surface area (Å²) in [6, 6.07) is 0. The van der Waals surface area contributed by atoms with Gasteiger partial charge in [-0.2, -0.15) is 0 Å². The molecule has 0 bridgehead atoms. The van der Waals surface area contributed by atoms with Gasteiger partial charge in [0.05, 0.1) is 6.20 Å². The molecule has 3 heteroatoms. The van der Waals surface area contributed by atoms with Gasteiger partial charge in [-0.3, -0.25) is 0 Å². The fraction of sp³-hybridized carbons (Fsp3) is 0.333. The average Bonchev–Trinajstić information content (AvgIpc) is 1.86. The second kappa shape index (κ2) is 1.62. The zero-order chi connectivity index (χ0) is 4.41. The Kier molecular flexibility index (Phi) is 1.12. The van der Waals surface area contributed by atoms with Crippen molar-refractivity contribution in [2.24, 2.45) is 0 Å². The van der Waals surface area contributed by atoms with Gasteiger partial charge in [0.25, 0.3) is 0 Å². The van der Waals surface area contributed by atoms with E-state index in [-0.39, 0.29) is 0 Å². The molecule has 33 valence electrons. The fourth-order valence-electron chi connectivity index (χ4n) is 0.278. The molecule has 1 aliphatic rings. The monoisotopic (exact) mass is 147 g/mol. The minimum absolute atomic E-state index is 0.847. The maximum absolute atomic E-state index is 3.22. The highest BCUT2D eigenvalue weighted by atomic mass is 79.9. The number of halogens is 1. The fourth-order valence-corrected chi connectivity index (χ4v) is 0.517. The van der Waals surface area contributed by atoms with Gasteiger partial charge in [0, 0.05) is 11.0 Å². The molecule has 0 aromatic carbocycles. The highest BCUT2D eigenvalue weighted by molar-refractivity contribution is 9.11. The van der Waals surface area contributed by atoms with E-state index >= 15 is 0 Å². The second-order valence-corrected chi connectivity index (χ2v) is 1.97. The first-order chi connectivity index (χ1) is 2.89. The molecule has 0 spiro atoms. The van der Waals surface area contributed by atoms with Crippen LogP contribution in [0, 0.1) is 6.20 Å². The molecule has 2 nitrogen and oxygen atoms in total. The molecule has 0 unspecified atom stereocenters. The molecule has 0 aromatic rings. The van der Waals surface area contributed by atoms with Crippen LogP contribution in [0.5, 0.6) is 0 Å². The minimum Gasteiger partial charge on any atom is -0.318 e. The van der Waals surface area contributed by atoms with Gasteiger partial charge in [0.15, 0.2) is 0 Å². The molecule has 1 rings (SSSR count). The van der Waals surface area contributed by atoms with Crippen molar-refractivity contribution in [3.05, 3.63) is 10.7 Å². The average molecular weight is 148 g/mol. The van der Waals surface area contributed by atoms with E-state index in [9.17, 15) is 0 Å². The highest BCUT2D eigenvalue weighted by Gasteiger charge is 1.95. The molecule has 0 saturated heterocycles. The summed E-state index contributed by atoms with van der Waals surface area (Å²) in [5.74, 6) is 0. The molecule has 0 aromatic heterocycles. The molecular weight excluding hydrogens is 144 g/mol. The van der Waals surface area contributed by atoms with Crippen molar-refractivity contribution in [3.63, 3.8) is 0 Å². The minimum atomic E-state index is 0.847. The summed E-state index contributed by atoms with van der Waals surface area (Å²) >= 11 is 3.22. The van der Waals surface area contributed by atoms with Gasteiger partial charge in [-0.1, -0.05) is 15.9 Å². The van der Waals surface area contributed by atoms with E-state index in [1.54, 1.807) is 0 Å². The molecule has 6 heavy (non-hydrogen) atoms. The topological polar surface area (TPSA) is 24.1 Å². The van der Waals surface area contributed by atoms with Crippen LogP contribution in [0.1, 0.15) is 0 Å². The Labute approximate surface area is 44.7 Å². The quantitative estimate of drug-likeness (QED) is 0.510. The SMILES string of the molecule is BrC1=[C]NNC1. The summed E-state index contributed by atoms with van der Waals surface area (Å²) in [5, 5.41) is 0. The van der Waals surface area contributed by atoms with Crippen LogP contribution in [0.2, 0.25) is 0 Å². The molecule has 1 aliphatic heterocycles. The van der Waals surface area contributed by atoms with E-state index in [0.717, 1.165) is 11.0 Å². The molecular formula is C3H4BrN2. The Hall–Kier alpha value is -0.0200. The van der Waals surface area contributed by atoms with Crippen LogP contribution in [0.4, 0.5) is 0 Å². The van der Waals surface area contributed by atoms with E-state index in [2.05, 4.69) is 33.0 Å². The Bertz CT molecular complexity index is 78.9. The third-order valence-electron chi connectivity index (χ3n) is 0.530. The zero-order valence-corrected chi connectivity index (χ0v) is 4.67. The lowest BCUT2D eigenvalue weighted by molar-refractivity contribution is 0.715.